The fourth-order valence-corrected chi connectivity index (χ4v) is 5.17. The number of amides is 1. The summed E-state index contributed by atoms with van der Waals surface area (Å²) >= 11 is 7.49. The van der Waals surface area contributed by atoms with Gasteiger partial charge in [0.25, 0.3) is 5.91 Å². The van der Waals surface area contributed by atoms with E-state index in [1.54, 1.807) is 47.8 Å². The summed E-state index contributed by atoms with van der Waals surface area (Å²) in [5.41, 5.74) is 3.33. The first-order chi connectivity index (χ1) is 19.9. The van der Waals surface area contributed by atoms with Gasteiger partial charge in [-0.15, -0.1) is 11.3 Å². The van der Waals surface area contributed by atoms with Gasteiger partial charge in [-0.05, 0) is 30.3 Å². The summed E-state index contributed by atoms with van der Waals surface area (Å²) in [7, 11) is 4.56. The van der Waals surface area contributed by atoms with Crippen molar-refractivity contribution in [1.29, 1.82) is 0 Å². The van der Waals surface area contributed by atoms with Crippen LogP contribution in [0.3, 0.4) is 0 Å². The van der Waals surface area contributed by atoms with Crippen molar-refractivity contribution in [2.75, 3.05) is 33.3 Å². The number of nitrogens with zero attached hydrogens (tertiary/aromatic N) is 2. The van der Waals surface area contributed by atoms with Gasteiger partial charge in [0.15, 0.2) is 23.2 Å². The number of hydrogen-bond donors (Lipinski definition) is 1. The van der Waals surface area contributed by atoms with Gasteiger partial charge in [0.05, 0.1) is 43.8 Å². The topological polar surface area (TPSA) is 109 Å². The molecule has 1 N–H and O–H groups in total. The lowest BCUT2D eigenvalue weighted by atomic mass is 10.0. The fourth-order valence-electron chi connectivity index (χ4n) is 4.21. The number of hydrogen-bond acceptors (Lipinski definition) is 9. The summed E-state index contributed by atoms with van der Waals surface area (Å²) in [5.74, 6) is 0.115. The number of methoxy groups -OCH3 is 3. The van der Waals surface area contributed by atoms with E-state index in [2.05, 4.69) is 10.3 Å². The number of pyridine rings is 1. The molecular formula is C30H24ClN3O6S. The van der Waals surface area contributed by atoms with Crippen LogP contribution in [0.5, 0.6) is 17.2 Å². The molecule has 9 nitrogen and oxygen atoms in total. The van der Waals surface area contributed by atoms with E-state index in [0.29, 0.717) is 55.3 Å². The number of rotatable bonds is 9. The van der Waals surface area contributed by atoms with Gasteiger partial charge in [-0.3, -0.25) is 10.1 Å². The second-order valence-corrected chi connectivity index (χ2v) is 9.89. The third-order valence-electron chi connectivity index (χ3n) is 6.13. The number of para-hydroxylation sites is 1. The second kappa shape index (κ2) is 12.2. The number of thiazole rings is 1. The van der Waals surface area contributed by atoms with Gasteiger partial charge < -0.3 is 18.9 Å². The molecule has 0 spiro atoms. The fraction of sp³-hybridized carbons (Fsp3) is 0.133. The van der Waals surface area contributed by atoms with Gasteiger partial charge >= 0.3 is 5.97 Å². The summed E-state index contributed by atoms with van der Waals surface area (Å²) in [6.07, 6.45) is 0. The molecule has 2 heterocycles. The van der Waals surface area contributed by atoms with E-state index >= 15 is 0 Å². The molecule has 208 valence electrons. The highest BCUT2D eigenvalue weighted by molar-refractivity contribution is 7.14. The first kappa shape index (κ1) is 27.9. The van der Waals surface area contributed by atoms with Gasteiger partial charge in [0, 0.05) is 26.9 Å². The minimum atomic E-state index is -0.677. The number of benzene rings is 3. The zero-order valence-electron chi connectivity index (χ0n) is 22.3. The standard InChI is InChI=1S/C30H24ClN3O6S/c1-37-25-12-17(13-26(38-2)28(25)39-3)23-14-20(18-8-5-7-11-22(18)32-23)29(36)40-15-27(35)34-30-33-24(16-41-30)19-9-4-6-10-21(19)31/h4-14,16H,15H2,1-3H3,(H,33,34,35). The van der Waals surface area contributed by atoms with Crippen molar-refractivity contribution in [3.63, 3.8) is 0 Å². The van der Waals surface area contributed by atoms with E-state index in [0.717, 1.165) is 5.56 Å². The molecule has 41 heavy (non-hydrogen) atoms. The normalized spacial score (nSPS) is 10.7. The molecular weight excluding hydrogens is 566 g/mol. The van der Waals surface area contributed by atoms with Crippen LogP contribution in [-0.4, -0.2) is 49.8 Å². The molecule has 11 heteroatoms. The molecule has 0 atom stereocenters. The van der Waals surface area contributed by atoms with E-state index in [1.165, 1.54) is 32.7 Å². The third kappa shape index (κ3) is 5.93. The Balaban J connectivity index is 1.37. The largest absolute Gasteiger partial charge is 0.493 e. The monoisotopic (exact) mass is 589 g/mol. The number of carbonyl (C=O) groups excluding carboxylic acids is 2. The predicted molar refractivity (Wildman–Crippen MR) is 158 cm³/mol. The molecule has 0 aliphatic rings. The zero-order valence-corrected chi connectivity index (χ0v) is 23.8. The number of carbonyl (C=O) groups is 2. The van der Waals surface area contributed by atoms with Crippen LogP contribution in [0.4, 0.5) is 5.13 Å². The maximum Gasteiger partial charge on any atom is 0.339 e. The lowest BCUT2D eigenvalue weighted by Crippen LogP contribution is -2.21. The Morgan fingerprint density at radius 2 is 1.59 bits per heavy atom. The lowest BCUT2D eigenvalue weighted by Gasteiger charge is -2.15. The summed E-state index contributed by atoms with van der Waals surface area (Å²) in [6.45, 7) is -0.504. The van der Waals surface area contributed by atoms with E-state index in [-0.39, 0.29) is 5.56 Å². The van der Waals surface area contributed by atoms with Crippen LogP contribution in [0.1, 0.15) is 10.4 Å². The molecule has 3 aromatic carbocycles. The van der Waals surface area contributed by atoms with Crippen molar-refractivity contribution in [2.45, 2.75) is 0 Å². The van der Waals surface area contributed by atoms with Crippen molar-refractivity contribution in [1.82, 2.24) is 9.97 Å². The zero-order chi connectivity index (χ0) is 28.9. The molecule has 0 unspecified atom stereocenters. The minimum Gasteiger partial charge on any atom is -0.493 e. The van der Waals surface area contributed by atoms with Crippen LogP contribution >= 0.6 is 22.9 Å². The number of aromatic nitrogens is 2. The molecule has 1 amide bonds. The Labute approximate surface area is 244 Å². The smallest absolute Gasteiger partial charge is 0.339 e. The molecule has 0 saturated carbocycles. The van der Waals surface area contributed by atoms with E-state index in [9.17, 15) is 9.59 Å². The van der Waals surface area contributed by atoms with Crippen LogP contribution in [0, 0.1) is 0 Å². The molecule has 5 aromatic rings. The van der Waals surface area contributed by atoms with Crippen LogP contribution in [0.15, 0.2) is 72.1 Å². The molecule has 0 aliphatic heterocycles. The van der Waals surface area contributed by atoms with Crippen LogP contribution in [0.25, 0.3) is 33.4 Å². The average molecular weight is 590 g/mol. The Hall–Kier alpha value is -4.67. The van der Waals surface area contributed by atoms with Crippen LogP contribution in [-0.2, 0) is 9.53 Å². The maximum atomic E-state index is 13.2. The molecule has 2 aromatic heterocycles. The average Bonchev–Trinajstić information content (AvgIpc) is 3.46. The Morgan fingerprint density at radius 3 is 2.29 bits per heavy atom. The van der Waals surface area contributed by atoms with Crippen LogP contribution in [0.2, 0.25) is 5.02 Å². The van der Waals surface area contributed by atoms with Gasteiger partial charge in [-0.1, -0.05) is 48.0 Å². The van der Waals surface area contributed by atoms with Gasteiger partial charge in [0.1, 0.15) is 0 Å². The molecule has 0 fully saturated rings. The number of ether oxygens (including phenoxy) is 4. The Kier molecular flexibility index (Phi) is 8.32. The van der Waals surface area contributed by atoms with Crippen LogP contribution < -0.4 is 19.5 Å². The SMILES string of the molecule is COc1cc(-c2cc(C(=O)OCC(=O)Nc3nc(-c4ccccc4Cl)cs3)c3ccccc3n2)cc(OC)c1OC. The predicted octanol–water partition coefficient (Wildman–Crippen LogP) is 6.50. The molecule has 5 rings (SSSR count). The minimum absolute atomic E-state index is 0.252. The number of nitrogens with one attached hydrogen (secondary N) is 1. The molecule has 0 radical (unpaired) electrons. The quantitative estimate of drug-likeness (QED) is 0.194. The van der Waals surface area contributed by atoms with Crippen molar-refractivity contribution in [2.24, 2.45) is 0 Å². The number of esters is 1. The number of fused-ring (bicyclic) bond motifs is 1. The summed E-state index contributed by atoms with van der Waals surface area (Å²) in [4.78, 5) is 35.0. The number of halogens is 1. The second-order valence-electron chi connectivity index (χ2n) is 8.63. The van der Waals surface area contributed by atoms with E-state index in [1.807, 2.05) is 24.3 Å². The molecule has 0 bridgehead atoms. The summed E-state index contributed by atoms with van der Waals surface area (Å²) in [5, 5.41) is 5.95. The van der Waals surface area contributed by atoms with Crippen molar-refractivity contribution < 1.29 is 28.5 Å². The van der Waals surface area contributed by atoms with E-state index < -0.39 is 18.5 Å². The van der Waals surface area contributed by atoms with Gasteiger partial charge in [0.2, 0.25) is 5.75 Å². The maximum absolute atomic E-state index is 13.2. The molecule has 0 aliphatic carbocycles. The Morgan fingerprint density at radius 1 is 0.878 bits per heavy atom. The highest BCUT2D eigenvalue weighted by atomic mass is 35.5. The van der Waals surface area contributed by atoms with Crippen molar-refractivity contribution in [3.05, 3.63) is 82.7 Å². The Bertz CT molecular complexity index is 1730. The highest BCUT2D eigenvalue weighted by Crippen LogP contribution is 2.41. The third-order valence-corrected chi connectivity index (χ3v) is 7.22. The first-order valence-corrected chi connectivity index (χ1v) is 13.5. The highest BCUT2D eigenvalue weighted by Gasteiger charge is 2.20. The van der Waals surface area contributed by atoms with Gasteiger partial charge in [-0.2, -0.15) is 0 Å². The number of anilines is 1. The summed E-state index contributed by atoms with van der Waals surface area (Å²) in [6, 6.07) is 19.6. The first-order valence-electron chi connectivity index (χ1n) is 12.3. The molecule has 0 saturated heterocycles. The van der Waals surface area contributed by atoms with Crippen molar-refractivity contribution >= 4 is 50.8 Å². The van der Waals surface area contributed by atoms with E-state index in [4.69, 9.17) is 35.5 Å². The van der Waals surface area contributed by atoms with Crippen molar-refractivity contribution in [3.8, 4) is 39.8 Å². The summed E-state index contributed by atoms with van der Waals surface area (Å²) < 4.78 is 21.8. The lowest BCUT2D eigenvalue weighted by molar-refractivity contribution is -0.119. The van der Waals surface area contributed by atoms with Gasteiger partial charge in [-0.25, -0.2) is 14.8 Å².